The lowest BCUT2D eigenvalue weighted by atomic mass is 10.1. The van der Waals surface area contributed by atoms with E-state index in [9.17, 15) is 14.5 Å². The van der Waals surface area contributed by atoms with E-state index in [4.69, 9.17) is 10.5 Å². The van der Waals surface area contributed by atoms with Crippen molar-refractivity contribution in [3.8, 4) is 0 Å². The number of benzene rings is 1. The highest BCUT2D eigenvalue weighted by Crippen LogP contribution is 2.32. The Morgan fingerprint density at radius 2 is 2.14 bits per heavy atom. The number of nitrogens with two attached hydrogens (primary N) is 1. The number of ether oxygens (including phenoxy) is 1. The Morgan fingerprint density at radius 1 is 1.43 bits per heavy atom. The molecule has 0 atom stereocenters. The Balaban J connectivity index is 1.99. The summed E-state index contributed by atoms with van der Waals surface area (Å²) in [6, 6.07) is 4.21. The topological polar surface area (TPSA) is 81.6 Å². The van der Waals surface area contributed by atoms with Gasteiger partial charge in [-0.15, -0.1) is 0 Å². The minimum absolute atomic E-state index is 0.153. The first-order valence-electron chi connectivity index (χ1n) is 7.13. The Bertz CT molecular complexity index is 490. The molecule has 116 valence electrons. The molecule has 1 fully saturated rings. The zero-order valence-electron chi connectivity index (χ0n) is 11.8. The van der Waals surface area contributed by atoms with Gasteiger partial charge in [0.05, 0.1) is 11.0 Å². The summed E-state index contributed by atoms with van der Waals surface area (Å²) in [5, 5.41) is 11.0. The average molecular weight is 297 g/mol. The van der Waals surface area contributed by atoms with E-state index in [2.05, 4.69) is 0 Å². The average Bonchev–Trinajstić information content (AvgIpc) is 2.47. The molecule has 0 saturated carbocycles. The largest absolute Gasteiger partial charge is 0.378 e. The van der Waals surface area contributed by atoms with Crippen LogP contribution < -0.4 is 10.6 Å². The predicted molar refractivity (Wildman–Crippen MR) is 77.9 cm³/mol. The molecule has 1 saturated heterocycles. The van der Waals surface area contributed by atoms with Crippen molar-refractivity contribution < 1.29 is 14.1 Å². The van der Waals surface area contributed by atoms with Crippen LogP contribution in [0.15, 0.2) is 18.2 Å². The predicted octanol–water partition coefficient (Wildman–Crippen LogP) is 2.07. The molecule has 2 N–H and O–H groups in total. The zero-order valence-corrected chi connectivity index (χ0v) is 11.8. The molecular weight excluding hydrogens is 277 g/mol. The number of para-hydroxylation sites is 1. The number of piperidine rings is 1. The first kappa shape index (κ1) is 15.7. The van der Waals surface area contributed by atoms with E-state index in [1.165, 1.54) is 6.07 Å². The van der Waals surface area contributed by atoms with Gasteiger partial charge in [-0.25, -0.2) is 0 Å². The molecule has 2 rings (SSSR count). The van der Waals surface area contributed by atoms with Crippen LogP contribution in [0.4, 0.5) is 15.8 Å². The van der Waals surface area contributed by atoms with Gasteiger partial charge in [0.25, 0.3) is 0 Å². The minimum atomic E-state index is -0.793. The second-order valence-corrected chi connectivity index (χ2v) is 5.06. The van der Waals surface area contributed by atoms with Crippen molar-refractivity contribution in [2.75, 3.05) is 31.1 Å². The number of halogens is 1. The molecule has 21 heavy (non-hydrogen) atoms. The van der Waals surface area contributed by atoms with Gasteiger partial charge >= 0.3 is 5.69 Å². The van der Waals surface area contributed by atoms with Gasteiger partial charge in [-0.2, -0.15) is 4.39 Å². The molecule has 0 bridgehead atoms. The zero-order chi connectivity index (χ0) is 15.2. The summed E-state index contributed by atoms with van der Waals surface area (Å²) in [4.78, 5) is 12.2. The molecule has 0 spiro atoms. The van der Waals surface area contributed by atoms with Crippen LogP contribution in [-0.2, 0) is 4.74 Å². The van der Waals surface area contributed by atoms with Gasteiger partial charge in [-0.3, -0.25) is 10.1 Å². The molecule has 7 heteroatoms. The maximum absolute atomic E-state index is 13.6. The Kier molecular flexibility index (Phi) is 5.46. The minimum Gasteiger partial charge on any atom is -0.378 e. The van der Waals surface area contributed by atoms with Crippen molar-refractivity contribution in [1.82, 2.24) is 0 Å². The van der Waals surface area contributed by atoms with E-state index < -0.39 is 16.4 Å². The van der Waals surface area contributed by atoms with Crippen molar-refractivity contribution in [1.29, 1.82) is 0 Å². The van der Waals surface area contributed by atoms with E-state index in [1.807, 2.05) is 4.90 Å². The van der Waals surface area contributed by atoms with Crippen molar-refractivity contribution >= 4 is 11.4 Å². The summed E-state index contributed by atoms with van der Waals surface area (Å²) in [6.45, 7) is 2.49. The highest BCUT2D eigenvalue weighted by Gasteiger charge is 2.27. The molecule has 1 aliphatic heterocycles. The molecule has 0 radical (unpaired) electrons. The van der Waals surface area contributed by atoms with E-state index >= 15 is 0 Å². The fraction of sp³-hybridized carbons (Fsp3) is 0.571. The number of nitro benzene ring substituents is 1. The van der Waals surface area contributed by atoms with Crippen LogP contribution in [0.5, 0.6) is 0 Å². The van der Waals surface area contributed by atoms with Crippen molar-refractivity contribution in [3.63, 3.8) is 0 Å². The van der Waals surface area contributed by atoms with Crippen molar-refractivity contribution in [3.05, 3.63) is 34.1 Å². The van der Waals surface area contributed by atoms with E-state index in [1.54, 1.807) is 6.07 Å². The van der Waals surface area contributed by atoms with Gasteiger partial charge in [-0.1, -0.05) is 6.07 Å². The van der Waals surface area contributed by atoms with E-state index in [0.29, 0.717) is 31.9 Å². The van der Waals surface area contributed by atoms with Crippen molar-refractivity contribution in [2.45, 2.75) is 25.4 Å². The number of hydrogen-bond donors (Lipinski definition) is 1. The third-order valence-corrected chi connectivity index (χ3v) is 3.63. The highest BCUT2D eigenvalue weighted by atomic mass is 19.1. The fourth-order valence-corrected chi connectivity index (χ4v) is 2.54. The Hall–Kier alpha value is -1.73. The fourth-order valence-electron chi connectivity index (χ4n) is 2.54. The Labute approximate surface area is 122 Å². The molecule has 1 aromatic carbocycles. The summed E-state index contributed by atoms with van der Waals surface area (Å²) in [5.74, 6) is -0.793. The van der Waals surface area contributed by atoms with Crippen LogP contribution in [-0.4, -0.2) is 37.3 Å². The lowest BCUT2D eigenvalue weighted by Crippen LogP contribution is -2.37. The summed E-state index contributed by atoms with van der Waals surface area (Å²) >= 11 is 0. The maximum Gasteiger partial charge on any atom is 0.327 e. The van der Waals surface area contributed by atoms with Crippen molar-refractivity contribution in [2.24, 2.45) is 5.73 Å². The normalized spacial score (nSPS) is 16.2. The van der Waals surface area contributed by atoms with Gasteiger partial charge in [-0.05, 0) is 37.9 Å². The SMILES string of the molecule is NCCCOC1CCN(c2cccc(F)c2[N+](=O)[O-])CC1. The van der Waals surface area contributed by atoms with Crippen LogP contribution in [0.1, 0.15) is 19.3 Å². The smallest absolute Gasteiger partial charge is 0.327 e. The first-order valence-corrected chi connectivity index (χ1v) is 7.13. The quantitative estimate of drug-likeness (QED) is 0.494. The van der Waals surface area contributed by atoms with Crippen LogP contribution in [0.2, 0.25) is 0 Å². The first-order chi connectivity index (χ1) is 10.1. The van der Waals surface area contributed by atoms with Gasteiger partial charge < -0.3 is 15.4 Å². The van der Waals surface area contributed by atoms with E-state index in [-0.39, 0.29) is 6.10 Å². The number of nitrogens with zero attached hydrogens (tertiary/aromatic N) is 2. The second-order valence-electron chi connectivity index (χ2n) is 5.06. The lowest BCUT2D eigenvalue weighted by molar-refractivity contribution is -0.386. The molecule has 0 aromatic heterocycles. The highest BCUT2D eigenvalue weighted by molar-refractivity contribution is 5.64. The Morgan fingerprint density at radius 3 is 2.76 bits per heavy atom. The number of hydrogen-bond acceptors (Lipinski definition) is 5. The molecule has 0 amide bonds. The summed E-state index contributed by atoms with van der Waals surface area (Å²) in [5.41, 5.74) is 5.32. The van der Waals surface area contributed by atoms with Gasteiger partial charge in [0.2, 0.25) is 5.82 Å². The number of rotatable bonds is 6. The number of anilines is 1. The third kappa shape index (κ3) is 3.89. The lowest BCUT2D eigenvalue weighted by Gasteiger charge is -2.33. The van der Waals surface area contributed by atoms with Crippen LogP contribution in [0.3, 0.4) is 0 Å². The second kappa shape index (κ2) is 7.33. The molecular formula is C14H20FN3O3. The molecule has 0 aliphatic carbocycles. The van der Waals surface area contributed by atoms with Crippen LogP contribution in [0, 0.1) is 15.9 Å². The van der Waals surface area contributed by atoms with Gasteiger partial charge in [0, 0.05) is 19.7 Å². The summed E-state index contributed by atoms with van der Waals surface area (Å²) in [6.07, 6.45) is 2.53. The van der Waals surface area contributed by atoms with Crippen LogP contribution >= 0.6 is 0 Å². The molecule has 1 heterocycles. The summed E-state index contributed by atoms with van der Waals surface area (Å²) in [7, 11) is 0. The van der Waals surface area contributed by atoms with Gasteiger partial charge in [0.15, 0.2) is 0 Å². The maximum atomic E-state index is 13.6. The van der Waals surface area contributed by atoms with Gasteiger partial charge in [0.1, 0.15) is 5.69 Å². The third-order valence-electron chi connectivity index (χ3n) is 3.63. The summed E-state index contributed by atoms with van der Waals surface area (Å²) < 4.78 is 19.3. The number of nitro groups is 1. The van der Waals surface area contributed by atoms with Crippen LogP contribution in [0.25, 0.3) is 0 Å². The molecule has 0 unspecified atom stereocenters. The monoisotopic (exact) mass is 297 g/mol. The van der Waals surface area contributed by atoms with E-state index in [0.717, 1.165) is 25.3 Å². The standard InChI is InChI=1S/C14H20FN3O3/c15-12-3-1-4-13(14(12)18(19)20)17-8-5-11(6-9-17)21-10-2-7-16/h1,3-4,11H,2,5-10,16H2. The molecule has 1 aromatic rings. The molecule has 1 aliphatic rings. The molecule has 6 nitrogen and oxygen atoms in total.